The summed E-state index contributed by atoms with van der Waals surface area (Å²) in [5.74, 6) is 0. The van der Waals surface area contributed by atoms with Crippen LogP contribution in [0.2, 0.25) is 0 Å². The Morgan fingerprint density at radius 2 is 1.92 bits per heavy atom. The van der Waals surface area contributed by atoms with E-state index in [0.29, 0.717) is 16.6 Å². The maximum atomic E-state index is 13.3. The van der Waals surface area contributed by atoms with Crippen LogP contribution in [0.1, 0.15) is 32.4 Å². The van der Waals surface area contributed by atoms with E-state index < -0.39 is 17.8 Å². The summed E-state index contributed by atoms with van der Waals surface area (Å²) in [6, 6.07) is 4.92. The van der Waals surface area contributed by atoms with Crippen molar-refractivity contribution in [1.82, 2.24) is 14.5 Å². The van der Waals surface area contributed by atoms with Gasteiger partial charge in [0, 0.05) is 26.2 Å². The van der Waals surface area contributed by atoms with Crippen molar-refractivity contribution in [3.63, 3.8) is 0 Å². The first-order chi connectivity index (χ1) is 12.0. The Bertz CT molecular complexity index is 906. The van der Waals surface area contributed by atoms with Crippen LogP contribution in [0.15, 0.2) is 34.9 Å². The highest BCUT2D eigenvalue weighted by Crippen LogP contribution is 2.25. The molecule has 7 nitrogen and oxygen atoms in total. The van der Waals surface area contributed by atoms with Crippen molar-refractivity contribution in [2.75, 3.05) is 6.54 Å². The second kappa shape index (κ2) is 7.33. The zero-order valence-corrected chi connectivity index (χ0v) is 15.5. The topological polar surface area (TPSA) is 85.5 Å². The molecule has 1 amide bonds. The van der Waals surface area contributed by atoms with Crippen LogP contribution >= 0.6 is 0 Å². The Hall–Kier alpha value is -2.61. The normalized spacial score (nSPS) is 13.7. The van der Waals surface area contributed by atoms with Crippen LogP contribution in [-0.2, 0) is 18.8 Å². The number of nitrogens with one attached hydrogen (secondary N) is 1. The first-order valence-electron chi connectivity index (χ1n) is 8.14. The molecule has 2 aromatic rings. The van der Waals surface area contributed by atoms with Gasteiger partial charge < -0.3 is 15.2 Å². The fourth-order valence-electron chi connectivity index (χ4n) is 2.59. The number of hydrogen-bond donors (Lipinski definition) is 2. The molecule has 142 valence electrons. The second-order valence-corrected chi connectivity index (χ2v) is 7.09. The van der Waals surface area contributed by atoms with Crippen LogP contribution in [0.25, 0.3) is 11.0 Å². The number of carbonyl (C=O) groups excluding carboxylic acids is 1. The van der Waals surface area contributed by atoms with Gasteiger partial charge in [-0.15, -0.1) is 0 Å². The van der Waals surface area contributed by atoms with Gasteiger partial charge in [0.1, 0.15) is 11.7 Å². The standard InChI is InChI=1S/C18H24FN3O4/c1-18(2,3)26-16(24)20-10-12(9-19)15(23)11-6-7-13-14(8-11)22(5)17(25)21(13)4/h6-9,15,23H,10H2,1-5H3,(H,20,24)/b12-9+. The number of hydrogen-bond acceptors (Lipinski definition) is 4. The third-order valence-corrected chi connectivity index (χ3v) is 3.94. The average molecular weight is 365 g/mol. The lowest BCUT2D eigenvalue weighted by Gasteiger charge is -2.21. The molecule has 0 bridgehead atoms. The van der Waals surface area contributed by atoms with E-state index in [1.807, 2.05) is 0 Å². The molecule has 0 aliphatic heterocycles. The maximum Gasteiger partial charge on any atom is 0.407 e. The summed E-state index contributed by atoms with van der Waals surface area (Å²) >= 11 is 0. The molecule has 2 N–H and O–H groups in total. The molecule has 0 radical (unpaired) electrons. The number of carbonyl (C=O) groups is 1. The van der Waals surface area contributed by atoms with Crippen molar-refractivity contribution in [2.24, 2.45) is 14.1 Å². The van der Waals surface area contributed by atoms with Crippen LogP contribution in [0, 0.1) is 0 Å². The van der Waals surface area contributed by atoms with Crippen molar-refractivity contribution >= 4 is 17.1 Å². The van der Waals surface area contributed by atoms with E-state index in [1.54, 1.807) is 53.1 Å². The first kappa shape index (κ1) is 19.7. The van der Waals surface area contributed by atoms with Crippen molar-refractivity contribution in [1.29, 1.82) is 0 Å². The van der Waals surface area contributed by atoms with Gasteiger partial charge in [-0.25, -0.2) is 14.0 Å². The number of rotatable bonds is 4. The molecule has 1 heterocycles. The third-order valence-electron chi connectivity index (χ3n) is 3.94. The molecule has 0 fully saturated rings. The molecule has 1 unspecified atom stereocenters. The molecule has 0 aliphatic carbocycles. The minimum atomic E-state index is -1.27. The van der Waals surface area contributed by atoms with Crippen LogP contribution in [0.3, 0.4) is 0 Å². The zero-order chi connectivity index (χ0) is 19.6. The summed E-state index contributed by atoms with van der Waals surface area (Å²) < 4.78 is 21.3. The number of aliphatic hydroxyl groups excluding tert-OH is 1. The van der Waals surface area contributed by atoms with Gasteiger partial charge in [0.25, 0.3) is 0 Å². The van der Waals surface area contributed by atoms with E-state index in [0.717, 1.165) is 0 Å². The monoisotopic (exact) mass is 365 g/mol. The number of fused-ring (bicyclic) bond motifs is 1. The van der Waals surface area contributed by atoms with Crippen LogP contribution in [0.5, 0.6) is 0 Å². The molecular weight excluding hydrogens is 341 g/mol. The van der Waals surface area contributed by atoms with Crippen molar-refractivity contribution in [3.05, 3.63) is 46.1 Å². The molecular formula is C18H24FN3O4. The van der Waals surface area contributed by atoms with Crippen molar-refractivity contribution in [2.45, 2.75) is 32.5 Å². The van der Waals surface area contributed by atoms with Gasteiger partial charge in [0.15, 0.2) is 0 Å². The lowest BCUT2D eigenvalue weighted by molar-refractivity contribution is 0.0529. The SMILES string of the molecule is Cn1c(=O)n(C)c2cc(C(O)/C(=C/F)CNC(=O)OC(C)(C)C)ccc21. The minimum absolute atomic E-state index is 0.0314. The van der Waals surface area contributed by atoms with Crippen LogP contribution in [-0.4, -0.2) is 32.5 Å². The lowest BCUT2D eigenvalue weighted by atomic mass is 10.0. The number of benzene rings is 1. The first-order valence-corrected chi connectivity index (χ1v) is 8.14. The molecule has 0 saturated heterocycles. The molecule has 26 heavy (non-hydrogen) atoms. The molecule has 0 aliphatic rings. The Morgan fingerprint density at radius 3 is 2.50 bits per heavy atom. The Kier molecular flexibility index (Phi) is 5.56. The number of alkyl carbamates (subject to hydrolysis) is 1. The molecule has 1 atom stereocenters. The number of nitrogens with zero attached hydrogens (tertiary/aromatic N) is 2. The number of halogens is 1. The summed E-state index contributed by atoms with van der Waals surface area (Å²) in [4.78, 5) is 23.7. The zero-order valence-electron chi connectivity index (χ0n) is 15.5. The highest BCUT2D eigenvalue weighted by Gasteiger charge is 2.20. The van der Waals surface area contributed by atoms with Gasteiger partial charge in [-0.2, -0.15) is 0 Å². The average Bonchev–Trinajstić information content (AvgIpc) is 2.78. The summed E-state index contributed by atoms with van der Waals surface area (Å²) in [7, 11) is 3.27. The summed E-state index contributed by atoms with van der Waals surface area (Å²) in [6.07, 6.45) is -1.71. The van der Waals surface area contributed by atoms with Gasteiger partial charge >= 0.3 is 11.8 Å². The van der Waals surface area contributed by atoms with Crippen LogP contribution < -0.4 is 11.0 Å². The molecule has 2 rings (SSSR count). The highest BCUT2D eigenvalue weighted by atomic mass is 19.1. The fraction of sp³-hybridized carbons (Fsp3) is 0.444. The number of imidazole rings is 1. The largest absolute Gasteiger partial charge is 0.444 e. The van der Waals surface area contributed by atoms with Crippen LogP contribution in [0.4, 0.5) is 9.18 Å². The van der Waals surface area contributed by atoms with Gasteiger partial charge in [-0.3, -0.25) is 9.13 Å². The van der Waals surface area contributed by atoms with Gasteiger partial charge in [0.2, 0.25) is 0 Å². The Morgan fingerprint density at radius 1 is 1.31 bits per heavy atom. The van der Waals surface area contributed by atoms with E-state index in [1.165, 1.54) is 9.13 Å². The molecule has 0 spiro atoms. The van der Waals surface area contributed by atoms with E-state index in [4.69, 9.17) is 4.74 Å². The maximum absolute atomic E-state index is 13.3. The van der Waals surface area contributed by atoms with E-state index >= 15 is 0 Å². The highest BCUT2D eigenvalue weighted by molar-refractivity contribution is 5.77. The second-order valence-electron chi connectivity index (χ2n) is 7.09. The molecule has 8 heteroatoms. The number of amides is 1. The molecule has 1 aromatic carbocycles. The Balaban J connectivity index is 2.19. The van der Waals surface area contributed by atoms with E-state index in [2.05, 4.69) is 5.32 Å². The van der Waals surface area contributed by atoms with E-state index in [9.17, 15) is 19.1 Å². The molecule has 0 saturated carbocycles. The number of aromatic nitrogens is 2. The van der Waals surface area contributed by atoms with Crippen molar-refractivity contribution < 1.29 is 19.0 Å². The van der Waals surface area contributed by atoms with Crippen molar-refractivity contribution in [3.8, 4) is 0 Å². The summed E-state index contributed by atoms with van der Waals surface area (Å²) in [6.45, 7) is 4.93. The predicted molar refractivity (Wildman–Crippen MR) is 96.5 cm³/mol. The number of aryl methyl sites for hydroxylation is 2. The Labute approximate surface area is 150 Å². The summed E-state index contributed by atoms with van der Waals surface area (Å²) in [5.41, 5.74) is 0.827. The number of ether oxygens (including phenoxy) is 1. The fourth-order valence-corrected chi connectivity index (χ4v) is 2.59. The third kappa shape index (κ3) is 4.13. The summed E-state index contributed by atoms with van der Waals surface area (Å²) in [5, 5.41) is 12.9. The predicted octanol–water partition coefficient (Wildman–Crippen LogP) is 2.29. The van der Waals surface area contributed by atoms with Gasteiger partial charge in [-0.05, 0) is 38.5 Å². The van der Waals surface area contributed by atoms with Gasteiger partial charge in [0.05, 0.1) is 17.4 Å². The van der Waals surface area contributed by atoms with Gasteiger partial charge in [-0.1, -0.05) is 6.07 Å². The quantitative estimate of drug-likeness (QED) is 0.871. The number of aliphatic hydroxyl groups is 1. The molecule has 1 aromatic heterocycles. The smallest absolute Gasteiger partial charge is 0.407 e. The lowest BCUT2D eigenvalue weighted by Crippen LogP contribution is -2.34. The van der Waals surface area contributed by atoms with E-state index in [-0.39, 0.29) is 24.1 Å². The minimum Gasteiger partial charge on any atom is -0.444 e.